The molecule has 3 N–H and O–H groups in total. The SMILES string of the molecule is CC1OC(C(=O)O)C(O)C1O. The highest BCUT2D eigenvalue weighted by molar-refractivity contribution is 5.73. The van der Waals surface area contributed by atoms with Gasteiger partial charge in [-0.2, -0.15) is 0 Å². The molecule has 11 heavy (non-hydrogen) atoms. The Labute approximate surface area is 63.2 Å². The first-order chi connectivity index (χ1) is 5.04. The first kappa shape index (κ1) is 8.45. The molecule has 0 amide bonds. The van der Waals surface area contributed by atoms with Crippen LogP contribution in [0.3, 0.4) is 0 Å². The van der Waals surface area contributed by atoms with Gasteiger partial charge in [0.1, 0.15) is 12.2 Å². The molecule has 5 heteroatoms. The van der Waals surface area contributed by atoms with E-state index in [-0.39, 0.29) is 0 Å². The van der Waals surface area contributed by atoms with Crippen LogP contribution in [0.25, 0.3) is 0 Å². The molecule has 0 radical (unpaired) electrons. The lowest BCUT2D eigenvalue weighted by Crippen LogP contribution is -2.35. The Morgan fingerprint density at radius 1 is 1.36 bits per heavy atom. The summed E-state index contributed by atoms with van der Waals surface area (Å²) < 4.78 is 4.75. The number of hydrogen-bond donors (Lipinski definition) is 3. The maximum Gasteiger partial charge on any atom is 0.335 e. The van der Waals surface area contributed by atoms with E-state index in [4.69, 9.17) is 20.1 Å². The van der Waals surface area contributed by atoms with Crippen LogP contribution in [0.4, 0.5) is 0 Å². The van der Waals surface area contributed by atoms with Crippen molar-refractivity contribution in [2.45, 2.75) is 31.3 Å². The number of aliphatic hydroxyl groups excluding tert-OH is 2. The quantitative estimate of drug-likeness (QED) is 0.440. The van der Waals surface area contributed by atoms with Crippen LogP contribution in [0.5, 0.6) is 0 Å². The van der Waals surface area contributed by atoms with Gasteiger partial charge in [0.15, 0.2) is 6.10 Å². The molecule has 5 nitrogen and oxygen atoms in total. The molecule has 0 spiro atoms. The van der Waals surface area contributed by atoms with E-state index in [0.717, 1.165) is 0 Å². The zero-order valence-electron chi connectivity index (χ0n) is 5.97. The highest BCUT2D eigenvalue weighted by Crippen LogP contribution is 2.20. The van der Waals surface area contributed by atoms with Gasteiger partial charge >= 0.3 is 5.97 Å². The molecular formula is C6H10O5. The lowest BCUT2D eigenvalue weighted by Gasteiger charge is -2.08. The van der Waals surface area contributed by atoms with Crippen molar-refractivity contribution in [2.24, 2.45) is 0 Å². The standard InChI is InChI=1S/C6H10O5/c1-2-3(7)4(8)5(11-2)6(9)10/h2-5,7-8H,1H3,(H,9,10). The number of aliphatic hydroxyl groups is 2. The van der Waals surface area contributed by atoms with Crippen LogP contribution < -0.4 is 0 Å². The minimum Gasteiger partial charge on any atom is -0.479 e. The van der Waals surface area contributed by atoms with Crippen molar-refractivity contribution in [3.63, 3.8) is 0 Å². The molecule has 1 aliphatic heterocycles. The van der Waals surface area contributed by atoms with Crippen LogP contribution in [0.1, 0.15) is 6.92 Å². The predicted molar refractivity (Wildman–Crippen MR) is 34.0 cm³/mol. The van der Waals surface area contributed by atoms with Crippen LogP contribution >= 0.6 is 0 Å². The summed E-state index contributed by atoms with van der Waals surface area (Å²) >= 11 is 0. The van der Waals surface area contributed by atoms with Gasteiger partial charge < -0.3 is 20.1 Å². The number of rotatable bonds is 1. The van der Waals surface area contributed by atoms with Crippen molar-refractivity contribution in [1.82, 2.24) is 0 Å². The highest BCUT2D eigenvalue weighted by atomic mass is 16.6. The second kappa shape index (κ2) is 2.77. The fourth-order valence-corrected chi connectivity index (χ4v) is 1.05. The largest absolute Gasteiger partial charge is 0.479 e. The minimum atomic E-state index is -1.32. The van der Waals surface area contributed by atoms with E-state index >= 15 is 0 Å². The first-order valence-corrected chi connectivity index (χ1v) is 3.28. The Balaban J connectivity index is 2.67. The molecule has 1 fully saturated rings. The average Bonchev–Trinajstić information content (AvgIpc) is 2.17. The topological polar surface area (TPSA) is 87.0 Å². The lowest BCUT2D eigenvalue weighted by molar-refractivity contribution is -0.153. The Hall–Kier alpha value is -0.650. The van der Waals surface area contributed by atoms with E-state index in [1.807, 2.05) is 0 Å². The van der Waals surface area contributed by atoms with E-state index < -0.39 is 30.4 Å². The molecule has 0 aromatic carbocycles. The molecule has 0 bridgehead atoms. The molecular weight excluding hydrogens is 152 g/mol. The van der Waals surface area contributed by atoms with Crippen molar-refractivity contribution in [3.8, 4) is 0 Å². The molecule has 1 heterocycles. The summed E-state index contributed by atoms with van der Waals surface area (Å²) in [4.78, 5) is 10.3. The summed E-state index contributed by atoms with van der Waals surface area (Å²) in [6.07, 6.45) is -4.33. The molecule has 1 saturated heterocycles. The van der Waals surface area contributed by atoms with Crippen molar-refractivity contribution in [2.75, 3.05) is 0 Å². The van der Waals surface area contributed by atoms with Crippen LogP contribution in [0.2, 0.25) is 0 Å². The zero-order chi connectivity index (χ0) is 8.59. The second-order valence-electron chi connectivity index (χ2n) is 2.58. The monoisotopic (exact) mass is 162 g/mol. The van der Waals surface area contributed by atoms with Crippen molar-refractivity contribution in [3.05, 3.63) is 0 Å². The van der Waals surface area contributed by atoms with Crippen LogP contribution in [-0.2, 0) is 9.53 Å². The number of hydrogen-bond acceptors (Lipinski definition) is 4. The van der Waals surface area contributed by atoms with Crippen LogP contribution in [0, 0.1) is 0 Å². The number of carbonyl (C=O) groups is 1. The summed E-state index contributed by atoms with van der Waals surface area (Å²) in [7, 11) is 0. The summed E-state index contributed by atoms with van der Waals surface area (Å²) in [5.74, 6) is -1.25. The summed E-state index contributed by atoms with van der Waals surface area (Å²) in [6.45, 7) is 1.51. The third-order valence-electron chi connectivity index (χ3n) is 1.75. The van der Waals surface area contributed by atoms with Gasteiger partial charge in [-0.05, 0) is 6.92 Å². The fourth-order valence-electron chi connectivity index (χ4n) is 1.05. The fraction of sp³-hybridized carbons (Fsp3) is 0.833. The van der Waals surface area contributed by atoms with Gasteiger partial charge in [-0.15, -0.1) is 0 Å². The minimum absolute atomic E-state index is 0.619. The molecule has 64 valence electrons. The third kappa shape index (κ3) is 1.35. The van der Waals surface area contributed by atoms with Gasteiger partial charge in [-0.1, -0.05) is 0 Å². The van der Waals surface area contributed by atoms with Crippen LogP contribution in [0.15, 0.2) is 0 Å². The maximum atomic E-state index is 10.3. The molecule has 1 aliphatic rings. The Morgan fingerprint density at radius 2 is 1.91 bits per heavy atom. The van der Waals surface area contributed by atoms with E-state index in [1.54, 1.807) is 0 Å². The second-order valence-corrected chi connectivity index (χ2v) is 2.58. The Bertz CT molecular complexity index is 168. The van der Waals surface area contributed by atoms with Gasteiger partial charge in [0.2, 0.25) is 0 Å². The highest BCUT2D eigenvalue weighted by Gasteiger charge is 2.44. The number of aliphatic carboxylic acids is 1. The Morgan fingerprint density at radius 3 is 2.09 bits per heavy atom. The maximum absolute atomic E-state index is 10.3. The zero-order valence-corrected chi connectivity index (χ0v) is 5.97. The smallest absolute Gasteiger partial charge is 0.335 e. The van der Waals surface area contributed by atoms with Crippen LogP contribution in [-0.4, -0.2) is 45.7 Å². The number of ether oxygens (including phenoxy) is 1. The van der Waals surface area contributed by atoms with E-state index in [2.05, 4.69) is 0 Å². The summed E-state index contributed by atoms with van der Waals surface area (Å²) in [5, 5.41) is 26.5. The molecule has 0 aliphatic carbocycles. The molecule has 4 atom stereocenters. The van der Waals surface area contributed by atoms with Crippen molar-refractivity contribution >= 4 is 5.97 Å². The van der Waals surface area contributed by atoms with E-state index in [1.165, 1.54) is 6.92 Å². The van der Waals surface area contributed by atoms with Crippen molar-refractivity contribution < 1.29 is 24.9 Å². The number of carboxylic acids is 1. The first-order valence-electron chi connectivity index (χ1n) is 3.28. The van der Waals surface area contributed by atoms with Crippen molar-refractivity contribution in [1.29, 1.82) is 0 Å². The van der Waals surface area contributed by atoms with E-state index in [0.29, 0.717) is 0 Å². The third-order valence-corrected chi connectivity index (χ3v) is 1.75. The Kier molecular flexibility index (Phi) is 2.12. The predicted octanol–water partition coefficient (Wildman–Crippen LogP) is -1.42. The van der Waals surface area contributed by atoms with Gasteiger partial charge in [0.25, 0.3) is 0 Å². The van der Waals surface area contributed by atoms with E-state index in [9.17, 15) is 4.79 Å². The average molecular weight is 162 g/mol. The van der Waals surface area contributed by atoms with Gasteiger partial charge in [-0.3, -0.25) is 0 Å². The molecule has 0 aromatic heterocycles. The molecule has 4 unspecified atom stereocenters. The van der Waals surface area contributed by atoms with Gasteiger partial charge in [0.05, 0.1) is 6.10 Å². The lowest BCUT2D eigenvalue weighted by atomic mass is 10.1. The normalized spacial score (nSPS) is 44.3. The summed E-state index contributed by atoms with van der Waals surface area (Å²) in [5.41, 5.74) is 0. The molecule has 0 aromatic rings. The number of carboxylic acid groups (broad SMARTS) is 1. The van der Waals surface area contributed by atoms with Gasteiger partial charge in [-0.25, -0.2) is 4.79 Å². The van der Waals surface area contributed by atoms with Gasteiger partial charge in [0, 0.05) is 0 Å². The molecule has 1 rings (SSSR count). The summed E-state index contributed by atoms with van der Waals surface area (Å²) in [6, 6.07) is 0. The molecule has 0 saturated carbocycles.